The highest BCUT2D eigenvalue weighted by Gasteiger charge is 2.29. The fourth-order valence-corrected chi connectivity index (χ4v) is 4.26. The molecule has 0 aromatic carbocycles. The van der Waals surface area contributed by atoms with Crippen LogP contribution in [-0.2, 0) is 19.5 Å². The number of H-pyrrole nitrogens is 2. The normalized spacial score (nSPS) is 18.2. The number of rotatable bonds is 5. The molecule has 1 aliphatic heterocycles. The van der Waals surface area contributed by atoms with Gasteiger partial charge >= 0.3 is 0 Å². The molecule has 2 aliphatic rings. The van der Waals surface area contributed by atoms with E-state index >= 15 is 0 Å². The van der Waals surface area contributed by atoms with Crippen molar-refractivity contribution in [3.05, 3.63) is 41.2 Å². The molecule has 0 amide bonds. The lowest BCUT2D eigenvalue weighted by molar-refractivity contribution is 0.217. The van der Waals surface area contributed by atoms with Crippen LogP contribution in [0.15, 0.2) is 33.1 Å². The van der Waals surface area contributed by atoms with Crippen molar-refractivity contribution in [3.63, 3.8) is 0 Å². The fourth-order valence-electron chi connectivity index (χ4n) is 3.58. The molecule has 130 valence electrons. The van der Waals surface area contributed by atoms with E-state index in [0.29, 0.717) is 5.92 Å². The van der Waals surface area contributed by atoms with Gasteiger partial charge in [0.15, 0.2) is 10.2 Å². The summed E-state index contributed by atoms with van der Waals surface area (Å²) in [7, 11) is 0. The van der Waals surface area contributed by atoms with Crippen LogP contribution in [0.1, 0.15) is 47.9 Å². The molecule has 5 rings (SSSR count). The lowest BCUT2D eigenvalue weighted by Crippen LogP contribution is -2.30. The van der Waals surface area contributed by atoms with Crippen molar-refractivity contribution in [2.75, 3.05) is 6.54 Å². The van der Waals surface area contributed by atoms with Gasteiger partial charge in [-0.2, -0.15) is 10.2 Å². The van der Waals surface area contributed by atoms with Crippen LogP contribution in [0, 0.1) is 0 Å². The Hall–Kier alpha value is -2.06. The molecule has 4 heterocycles. The molecule has 0 bridgehead atoms. The second-order valence-electron chi connectivity index (χ2n) is 6.77. The number of nitrogens with zero attached hydrogens (tertiary/aromatic N) is 4. The van der Waals surface area contributed by atoms with E-state index in [2.05, 4.69) is 36.3 Å². The smallest absolute Gasteiger partial charge is 0.191 e. The second-order valence-corrected chi connectivity index (χ2v) is 7.76. The van der Waals surface area contributed by atoms with E-state index in [1.807, 2.05) is 6.07 Å². The topological polar surface area (TPSA) is 86.6 Å². The number of hydrogen-bond donors (Lipinski definition) is 2. The van der Waals surface area contributed by atoms with Gasteiger partial charge in [-0.05, 0) is 36.7 Å². The van der Waals surface area contributed by atoms with E-state index < -0.39 is 0 Å². The summed E-state index contributed by atoms with van der Waals surface area (Å²) in [6.07, 6.45) is 6.46. The van der Waals surface area contributed by atoms with Crippen LogP contribution in [0.3, 0.4) is 0 Å². The molecule has 7 nitrogen and oxygen atoms in total. The van der Waals surface area contributed by atoms with Crippen LogP contribution in [0.5, 0.6) is 0 Å². The van der Waals surface area contributed by atoms with Gasteiger partial charge in [-0.3, -0.25) is 15.1 Å². The van der Waals surface area contributed by atoms with E-state index in [0.717, 1.165) is 42.1 Å². The van der Waals surface area contributed by atoms with Crippen molar-refractivity contribution >= 4 is 11.8 Å². The molecule has 1 fully saturated rings. The Kier molecular flexibility index (Phi) is 3.86. The van der Waals surface area contributed by atoms with Crippen molar-refractivity contribution in [1.82, 2.24) is 30.3 Å². The molecule has 1 aliphatic carbocycles. The maximum atomic E-state index is 5.95. The summed E-state index contributed by atoms with van der Waals surface area (Å²) in [5.41, 5.74) is 4.07. The van der Waals surface area contributed by atoms with E-state index in [4.69, 9.17) is 4.42 Å². The molecule has 3 aromatic heterocycles. The minimum Gasteiger partial charge on any atom is -0.453 e. The molecule has 0 atom stereocenters. The first-order chi connectivity index (χ1) is 12.3. The third-order valence-corrected chi connectivity index (χ3v) is 5.95. The maximum absolute atomic E-state index is 5.95. The zero-order valence-corrected chi connectivity index (χ0v) is 14.7. The number of aromatic nitrogens is 5. The fraction of sp³-hybridized carbons (Fsp3) is 0.471. The third kappa shape index (κ3) is 3.00. The van der Waals surface area contributed by atoms with Crippen LogP contribution in [0.2, 0.25) is 0 Å². The number of aromatic amines is 2. The lowest BCUT2D eigenvalue weighted by Gasteiger charge is -2.29. The number of nitrogens with one attached hydrogen (secondary N) is 2. The van der Waals surface area contributed by atoms with Crippen molar-refractivity contribution < 1.29 is 4.42 Å². The summed E-state index contributed by atoms with van der Waals surface area (Å²) >= 11 is 1.45. The highest BCUT2D eigenvalue weighted by atomic mass is 32.2. The van der Waals surface area contributed by atoms with Crippen molar-refractivity contribution in [1.29, 1.82) is 0 Å². The lowest BCUT2D eigenvalue weighted by atomic mass is 9.81. The molecular formula is C17H20N6OS. The van der Waals surface area contributed by atoms with Gasteiger partial charge in [0.1, 0.15) is 12.1 Å². The molecule has 0 radical (unpaired) electrons. The highest BCUT2D eigenvalue weighted by Crippen LogP contribution is 2.39. The van der Waals surface area contributed by atoms with Crippen molar-refractivity contribution in [2.45, 2.75) is 54.9 Å². The van der Waals surface area contributed by atoms with E-state index in [1.165, 1.54) is 54.3 Å². The zero-order valence-electron chi connectivity index (χ0n) is 13.9. The van der Waals surface area contributed by atoms with Gasteiger partial charge in [0.05, 0.1) is 12.2 Å². The second kappa shape index (κ2) is 6.34. The first kappa shape index (κ1) is 15.2. The Morgan fingerprint density at radius 2 is 2.24 bits per heavy atom. The molecular weight excluding hydrogens is 336 g/mol. The largest absolute Gasteiger partial charge is 0.453 e. The quantitative estimate of drug-likeness (QED) is 0.730. The van der Waals surface area contributed by atoms with Crippen molar-refractivity contribution in [3.8, 4) is 0 Å². The zero-order chi connectivity index (χ0) is 16.6. The van der Waals surface area contributed by atoms with Gasteiger partial charge in [-0.15, -0.1) is 0 Å². The summed E-state index contributed by atoms with van der Waals surface area (Å²) in [6.45, 7) is 2.82. The predicted molar refractivity (Wildman–Crippen MR) is 92.2 cm³/mol. The first-order valence-corrected chi connectivity index (χ1v) is 9.57. The Balaban J connectivity index is 1.26. The van der Waals surface area contributed by atoms with Crippen LogP contribution in [-0.4, -0.2) is 36.8 Å². The monoisotopic (exact) mass is 356 g/mol. The summed E-state index contributed by atoms with van der Waals surface area (Å²) in [6, 6.07) is 4.05. The third-order valence-electron chi connectivity index (χ3n) is 5.14. The molecule has 3 aromatic rings. The van der Waals surface area contributed by atoms with E-state index in [-0.39, 0.29) is 0 Å². The van der Waals surface area contributed by atoms with E-state index in [9.17, 15) is 0 Å². The Morgan fingerprint density at radius 1 is 1.28 bits per heavy atom. The molecule has 8 heteroatoms. The van der Waals surface area contributed by atoms with Crippen molar-refractivity contribution in [2.24, 2.45) is 0 Å². The van der Waals surface area contributed by atoms with Crippen LogP contribution < -0.4 is 0 Å². The van der Waals surface area contributed by atoms with Gasteiger partial charge < -0.3 is 4.42 Å². The average molecular weight is 356 g/mol. The van der Waals surface area contributed by atoms with Crippen LogP contribution in [0.4, 0.5) is 0 Å². The van der Waals surface area contributed by atoms with Gasteiger partial charge in [-0.1, -0.05) is 6.42 Å². The van der Waals surface area contributed by atoms with Crippen LogP contribution in [0.25, 0.3) is 0 Å². The highest BCUT2D eigenvalue weighted by molar-refractivity contribution is 7.99. The maximum Gasteiger partial charge on any atom is 0.191 e. The van der Waals surface area contributed by atoms with E-state index in [1.54, 1.807) is 0 Å². The summed E-state index contributed by atoms with van der Waals surface area (Å²) in [5, 5.41) is 16.1. The van der Waals surface area contributed by atoms with Crippen LogP contribution >= 0.6 is 11.8 Å². The molecule has 0 unspecified atom stereocenters. The standard InChI is InChI=1S/C17H20N6OS/c1-2-11(3-1)16-13-9-23(7-6-14(13)20-21-16)8-12-4-5-15(24-12)25-17-18-10-19-22-17/h4-5,10-11H,1-3,6-9H2,(H,20,21)(H,18,19,22). The predicted octanol–water partition coefficient (Wildman–Crippen LogP) is 3.10. The molecule has 1 saturated carbocycles. The van der Waals surface area contributed by atoms with Gasteiger partial charge in [0.2, 0.25) is 0 Å². The molecule has 25 heavy (non-hydrogen) atoms. The average Bonchev–Trinajstić information content (AvgIpc) is 3.29. The molecule has 0 saturated heterocycles. The van der Waals surface area contributed by atoms with Gasteiger partial charge in [0, 0.05) is 36.7 Å². The summed E-state index contributed by atoms with van der Waals surface area (Å²) < 4.78 is 5.95. The first-order valence-electron chi connectivity index (χ1n) is 8.75. The number of hydrogen-bond acceptors (Lipinski definition) is 6. The number of fused-ring (bicyclic) bond motifs is 1. The number of furan rings is 1. The Labute approximate surface area is 149 Å². The Bertz CT molecular complexity index is 851. The van der Waals surface area contributed by atoms with Gasteiger partial charge in [0.25, 0.3) is 0 Å². The van der Waals surface area contributed by atoms with Gasteiger partial charge in [-0.25, -0.2) is 4.98 Å². The minimum atomic E-state index is 0.675. The minimum absolute atomic E-state index is 0.675. The Morgan fingerprint density at radius 3 is 3.04 bits per heavy atom. The molecule has 2 N–H and O–H groups in total. The summed E-state index contributed by atoms with van der Waals surface area (Å²) in [5.74, 6) is 1.66. The summed E-state index contributed by atoms with van der Waals surface area (Å²) in [4.78, 5) is 6.56. The SMILES string of the molecule is c1n[nH]c(Sc2ccc(CN3CCc4[nH]nc(C5CCC5)c4C3)o2)n1. The molecule has 0 spiro atoms.